The molecule has 3 unspecified atom stereocenters. The van der Waals surface area contributed by atoms with Gasteiger partial charge in [0.15, 0.2) is 5.67 Å². The predicted molar refractivity (Wildman–Crippen MR) is 86.9 cm³/mol. The Balaban J connectivity index is 1.87. The largest absolute Gasteiger partial charge is 0.481 e. The van der Waals surface area contributed by atoms with E-state index in [1.165, 1.54) is 0 Å². The minimum Gasteiger partial charge on any atom is -0.481 e. The van der Waals surface area contributed by atoms with Crippen LogP contribution in [0.2, 0.25) is 0 Å². The first-order valence-electron chi connectivity index (χ1n) is 7.84. The third kappa shape index (κ3) is 3.60. The molecular weight excluding hydrogens is 307 g/mol. The van der Waals surface area contributed by atoms with E-state index in [9.17, 15) is 9.90 Å². The molecule has 1 N–H and O–H groups in total. The summed E-state index contributed by atoms with van der Waals surface area (Å²) in [5.41, 5.74) is -0.893. The van der Waals surface area contributed by atoms with Gasteiger partial charge in [-0.3, -0.25) is 4.79 Å². The number of carboxylic acid groups (broad SMARTS) is 1. The van der Waals surface area contributed by atoms with Crippen molar-refractivity contribution in [2.24, 2.45) is 5.92 Å². The molecule has 122 valence electrons. The maximum Gasteiger partial charge on any atom is 0.307 e. The zero-order valence-corrected chi connectivity index (χ0v) is 13.0. The van der Waals surface area contributed by atoms with E-state index >= 15 is 4.39 Å². The van der Waals surface area contributed by atoms with Crippen LogP contribution in [0.3, 0.4) is 0 Å². The number of hydrogen-bond acceptors (Lipinski definition) is 3. The molecule has 0 spiro atoms. The van der Waals surface area contributed by atoms with Gasteiger partial charge in [-0.25, -0.2) is 14.4 Å². The van der Waals surface area contributed by atoms with Gasteiger partial charge in [0, 0.05) is 24.7 Å². The van der Waals surface area contributed by atoms with E-state index in [0.717, 1.165) is 5.56 Å². The second-order valence-corrected chi connectivity index (χ2v) is 5.99. The highest BCUT2D eigenvalue weighted by Crippen LogP contribution is 2.44. The highest BCUT2D eigenvalue weighted by Gasteiger charge is 2.43. The van der Waals surface area contributed by atoms with Crippen LogP contribution in [-0.2, 0) is 4.79 Å². The Morgan fingerprint density at radius 1 is 1.21 bits per heavy atom. The summed E-state index contributed by atoms with van der Waals surface area (Å²) in [5.74, 6) is 3.71. The molecule has 0 saturated heterocycles. The lowest BCUT2D eigenvalue weighted by Crippen LogP contribution is -2.37. The molecule has 1 fully saturated rings. The third-order valence-electron chi connectivity index (χ3n) is 4.39. The van der Waals surface area contributed by atoms with E-state index in [4.69, 9.17) is 0 Å². The van der Waals surface area contributed by atoms with E-state index < -0.39 is 23.5 Å². The maximum absolute atomic E-state index is 15.2. The number of carbonyl (C=O) groups is 1. The van der Waals surface area contributed by atoms with E-state index in [2.05, 4.69) is 21.8 Å². The Labute approximate surface area is 139 Å². The molecule has 1 aromatic heterocycles. The van der Waals surface area contributed by atoms with E-state index in [1.807, 2.05) is 30.3 Å². The summed E-state index contributed by atoms with van der Waals surface area (Å²) in [7, 11) is 0. The molecule has 0 radical (unpaired) electrons. The highest BCUT2D eigenvalue weighted by atomic mass is 19.1. The van der Waals surface area contributed by atoms with Gasteiger partial charge in [0.2, 0.25) is 5.82 Å². The summed E-state index contributed by atoms with van der Waals surface area (Å²) in [6, 6.07) is 10.9. The quantitative estimate of drug-likeness (QED) is 0.862. The summed E-state index contributed by atoms with van der Waals surface area (Å²) in [6.07, 6.45) is 3.53. The monoisotopic (exact) mass is 324 g/mol. The Hall–Kier alpha value is -2.74. The molecular formula is C19H17FN2O2. The van der Waals surface area contributed by atoms with Crippen molar-refractivity contribution in [3.8, 4) is 11.8 Å². The lowest BCUT2D eigenvalue weighted by Gasteiger charge is -2.35. The van der Waals surface area contributed by atoms with Crippen LogP contribution >= 0.6 is 0 Å². The van der Waals surface area contributed by atoms with Crippen LogP contribution in [0.15, 0.2) is 48.8 Å². The Morgan fingerprint density at radius 3 is 2.58 bits per heavy atom. The maximum atomic E-state index is 15.2. The second kappa shape index (κ2) is 6.79. The predicted octanol–water partition coefficient (Wildman–Crippen LogP) is 3.20. The Morgan fingerprint density at radius 2 is 1.92 bits per heavy atom. The van der Waals surface area contributed by atoms with Crippen LogP contribution in [0.5, 0.6) is 0 Å². The van der Waals surface area contributed by atoms with Crippen LogP contribution in [0.25, 0.3) is 0 Å². The number of hydrogen-bond donors (Lipinski definition) is 1. The number of halogens is 1. The second-order valence-electron chi connectivity index (χ2n) is 5.99. The number of aromatic nitrogens is 2. The van der Waals surface area contributed by atoms with Gasteiger partial charge in [-0.15, -0.1) is 0 Å². The van der Waals surface area contributed by atoms with Crippen molar-refractivity contribution in [2.45, 2.75) is 30.8 Å². The molecule has 1 aliphatic rings. The van der Waals surface area contributed by atoms with Crippen molar-refractivity contribution in [1.82, 2.24) is 9.97 Å². The van der Waals surface area contributed by atoms with Crippen molar-refractivity contribution in [2.75, 3.05) is 0 Å². The average Bonchev–Trinajstić information content (AvgIpc) is 2.61. The summed E-state index contributed by atoms with van der Waals surface area (Å²) < 4.78 is 15.2. The van der Waals surface area contributed by atoms with Gasteiger partial charge >= 0.3 is 5.97 Å². The van der Waals surface area contributed by atoms with Crippen molar-refractivity contribution < 1.29 is 14.3 Å². The van der Waals surface area contributed by atoms with Crippen molar-refractivity contribution in [1.29, 1.82) is 0 Å². The lowest BCUT2D eigenvalue weighted by atomic mass is 9.70. The molecule has 0 aliphatic heterocycles. The summed E-state index contributed by atoms with van der Waals surface area (Å²) in [6.45, 7) is 0. The standard InChI is InChI=1S/C19H17FN2O2/c20-19(10-8-17-21-11-4-12-22-17)9-7-15(18(23)24)16(13-19)14-5-2-1-3-6-14/h1-6,11-12,15-16H,7,9,13H2,(H,23,24). The van der Waals surface area contributed by atoms with Gasteiger partial charge in [-0.05, 0) is 30.4 Å². The Kier molecular flexibility index (Phi) is 4.57. The molecule has 5 heteroatoms. The first kappa shape index (κ1) is 16.1. The fourth-order valence-corrected chi connectivity index (χ4v) is 3.17. The van der Waals surface area contributed by atoms with Crippen molar-refractivity contribution in [3.05, 3.63) is 60.2 Å². The summed E-state index contributed by atoms with van der Waals surface area (Å²) in [4.78, 5) is 19.5. The molecule has 3 rings (SSSR count). The van der Waals surface area contributed by atoms with E-state index in [-0.39, 0.29) is 25.1 Å². The number of carboxylic acids is 1. The van der Waals surface area contributed by atoms with Gasteiger partial charge in [0.25, 0.3) is 0 Å². The molecule has 1 saturated carbocycles. The number of aliphatic carboxylic acids is 1. The number of alkyl halides is 1. The minimum absolute atomic E-state index is 0.0633. The average molecular weight is 324 g/mol. The SMILES string of the molecule is O=C(O)C1CCC(F)(C#Cc2ncccn2)CC1c1ccccc1. The molecule has 1 aliphatic carbocycles. The molecule has 0 amide bonds. The molecule has 3 atom stereocenters. The topological polar surface area (TPSA) is 63.1 Å². The van der Waals surface area contributed by atoms with Gasteiger partial charge in [0.05, 0.1) is 5.92 Å². The zero-order chi connectivity index (χ0) is 17.0. The smallest absolute Gasteiger partial charge is 0.307 e. The summed E-state index contributed by atoms with van der Waals surface area (Å²) >= 11 is 0. The highest BCUT2D eigenvalue weighted by molar-refractivity contribution is 5.71. The van der Waals surface area contributed by atoms with E-state index in [1.54, 1.807) is 18.5 Å². The number of benzene rings is 1. The summed E-state index contributed by atoms with van der Waals surface area (Å²) in [5, 5.41) is 9.47. The lowest BCUT2D eigenvalue weighted by molar-refractivity contribution is -0.144. The van der Waals surface area contributed by atoms with Gasteiger partial charge in [0.1, 0.15) is 0 Å². The van der Waals surface area contributed by atoms with Gasteiger partial charge in [-0.2, -0.15) is 0 Å². The van der Waals surface area contributed by atoms with Gasteiger partial charge in [-0.1, -0.05) is 36.3 Å². The molecule has 24 heavy (non-hydrogen) atoms. The van der Waals surface area contributed by atoms with Gasteiger partial charge < -0.3 is 5.11 Å². The molecule has 0 bridgehead atoms. The zero-order valence-electron chi connectivity index (χ0n) is 13.0. The van der Waals surface area contributed by atoms with Crippen molar-refractivity contribution in [3.63, 3.8) is 0 Å². The molecule has 1 heterocycles. The normalized spacial score (nSPS) is 26.2. The van der Waals surface area contributed by atoms with Crippen LogP contribution in [0.1, 0.15) is 36.6 Å². The number of nitrogens with zero attached hydrogens (tertiary/aromatic N) is 2. The van der Waals surface area contributed by atoms with Crippen molar-refractivity contribution >= 4 is 5.97 Å². The molecule has 2 aromatic rings. The van der Waals surface area contributed by atoms with E-state index in [0.29, 0.717) is 0 Å². The first-order chi connectivity index (χ1) is 11.6. The van der Waals surface area contributed by atoms with Crippen LogP contribution in [-0.4, -0.2) is 26.7 Å². The van der Waals surface area contributed by atoms with Crippen LogP contribution < -0.4 is 0 Å². The van der Waals surface area contributed by atoms with Crippen LogP contribution in [0.4, 0.5) is 4.39 Å². The number of rotatable bonds is 2. The minimum atomic E-state index is -1.73. The van der Waals surface area contributed by atoms with Crippen LogP contribution in [0, 0.1) is 17.8 Å². The third-order valence-corrected chi connectivity index (χ3v) is 4.39. The fraction of sp³-hybridized carbons (Fsp3) is 0.316. The fourth-order valence-electron chi connectivity index (χ4n) is 3.17. The molecule has 4 nitrogen and oxygen atoms in total. The first-order valence-corrected chi connectivity index (χ1v) is 7.84. The Bertz CT molecular complexity index is 770. The molecule has 1 aromatic carbocycles.